The lowest BCUT2D eigenvalue weighted by Gasteiger charge is -2.08. The van der Waals surface area contributed by atoms with E-state index in [9.17, 15) is 9.59 Å². The van der Waals surface area contributed by atoms with Crippen LogP contribution >= 0.6 is 11.8 Å². The lowest BCUT2D eigenvalue weighted by Crippen LogP contribution is -2.32. The standard InChI is InChI=1S/C13H16N4O3S/c1-8-2-3-9-10(6-8)17(5-4-15-12(14)20)13(16-9)21-7-11(18)19/h2-3,6H,4-5,7H2,1H3,(H,18,19)(H3,14,15,20). The zero-order valence-electron chi connectivity index (χ0n) is 11.5. The first-order valence-electron chi connectivity index (χ1n) is 6.32. The van der Waals surface area contributed by atoms with E-state index >= 15 is 0 Å². The molecule has 1 heterocycles. The zero-order chi connectivity index (χ0) is 15.4. The lowest BCUT2D eigenvalue weighted by molar-refractivity contribution is -0.133. The number of carbonyl (C=O) groups excluding carboxylic acids is 1. The monoisotopic (exact) mass is 308 g/mol. The number of carboxylic acid groups (broad SMARTS) is 1. The van der Waals surface area contributed by atoms with Crippen molar-refractivity contribution in [2.45, 2.75) is 18.6 Å². The number of fused-ring (bicyclic) bond motifs is 1. The van der Waals surface area contributed by atoms with E-state index < -0.39 is 12.0 Å². The van der Waals surface area contributed by atoms with Crippen LogP contribution in [0.25, 0.3) is 11.0 Å². The number of hydrogen-bond donors (Lipinski definition) is 3. The summed E-state index contributed by atoms with van der Waals surface area (Å²) < 4.78 is 1.89. The summed E-state index contributed by atoms with van der Waals surface area (Å²) in [6.07, 6.45) is 0. The molecule has 0 saturated heterocycles. The summed E-state index contributed by atoms with van der Waals surface area (Å²) in [5, 5.41) is 11.9. The zero-order valence-corrected chi connectivity index (χ0v) is 12.3. The van der Waals surface area contributed by atoms with Gasteiger partial charge in [0.25, 0.3) is 0 Å². The Hall–Kier alpha value is -2.22. The van der Waals surface area contributed by atoms with Gasteiger partial charge in [0.15, 0.2) is 5.16 Å². The van der Waals surface area contributed by atoms with Crippen molar-refractivity contribution in [1.29, 1.82) is 0 Å². The Bertz CT molecular complexity index is 683. The maximum Gasteiger partial charge on any atom is 0.313 e. The third-order valence-electron chi connectivity index (χ3n) is 2.83. The molecule has 2 amide bonds. The van der Waals surface area contributed by atoms with E-state index in [1.165, 1.54) is 0 Å². The average molecular weight is 308 g/mol. The van der Waals surface area contributed by atoms with Gasteiger partial charge in [0.2, 0.25) is 0 Å². The highest BCUT2D eigenvalue weighted by Gasteiger charge is 2.13. The summed E-state index contributed by atoms with van der Waals surface area (Å²) in [6, 6.07) is 5.24. The van der Waals surface area contributed by atoms with Crippen molar-refractivity contribution in [3.8, 4) is 0 Å². The van der Waals surface area contributed by atoms with Crippen LogP contribution in [0.1, 0.15) is 5.56 Å². The number of rotatable bonds is 6. The number of thioether (sulfide) groups is 1. The van der Waals surface area contributed by atoms with Crippen LogP contribution in [-0.2, 0) is 11.3 Å². The van der Waals surface area contributed by atoms with Crippen LogP contribution in [0.15, 0.2) is 23.4 Å². The third-order valence-corrected chi connectivity index (χ3v) is 3.79. The van der Waals surface area contributed by atoms with Crippen LogP contribution in [0.3, 0.4) is 0 Å². The maximum atomic E-state index is 10.7. The Labute approximate surface area is 125 Å². The van der Waals surface area contributed by atoms with Gasteiger partial charge >= 0.3 is 12.0 Å². The number of amides is 2. The molecule has 0 fully saturated rings. The summed E-state index contributed by atoms with van der Waals surface area (Å²) in [5.74, 6) is -0.962. The third kappa shape index (κ3) is 3.88. The van der Waals surface area contributed by atoms with Gasteiger partial charge in [-0.3, -0.25) is 4.79 Å². The number of carbonyl (C=O) groups is 2. The molecule has 0 spiro atoms. The molecule has 0 aliphatic heterocycles. The largest absolute Gasteiger partial charge is 0.481 e. The second-order valence-corrected chi connectivity index (χ2v) is 5.45. The van der Waals surface area contributed by atoms with Crippen molar-refractivity contribution in [3.05, 3.63) is 23.8 Å². The van der Waals surface area contributed by atoms with E-state index in [4.69, 9.17) is 10.8 Å². The van der Waals surface area contributed by atoms with Gasteiger partial charge in [-0.2, -0.15) is 0 Å². The molecule has 2 rings (SSSR count). The van der Waals surface area contributed by atoms with Gasteiger partial charge in [-0.1, -0.05) is 17.8 Å². The lowest BCUT2D eigenvalue weighted by atomic mass is 10.2. The molecule has 0 radical (unpaired) electrons. The number of nitrogens with zero attached hydrogens (tertiary/aromatic N) is 2. The number of hydrogen-bond acceptors (Lipinski definition) is 4. The van der Waals surface area contributed by atoms with Gasteiger partial charge in [-0.25, -0.2) is 9.78 Å². The summed E-state index contributed by atoms with van der Waals surface area (Å²) in [5.41, 5.74) is 7.84. The van der Waals surface area contributed by atoms with Crippen molar-refractivity contribution in [2.24, 2.45) is 5.73 Å². The van der Waals surface area contributed by atoms with Gasteiger partial charge in [0.1, 0.15) is 0 Å². The Balaban J connectivity index is 2.30. The number of primary amides is 1. The summed E-state index contributed by atoms with van der Waals surface area (Å²) >= 11 is 1.15. The van der Waals surface area contributed by atoms with Crippen LogP contribution in [-0.4, -0.2) is 39.0 Å². The molecule has 2 aromatic rings. The number of aliphatic carboxylic acids is 1. The second kappa shape index (κ2) is 6.49. The first kappa shape index (κ1) is 15.2. The van der Waals surface area contributed by atoms with Gasteiger partial charge in [-0.15, -0.1) is 0 Å². The number of urea groups is 1. The quantitative estimate of drug-likeness (QED) is 0.694. The van der Waals surface area contributed by atoms with E-state index in [0.717, 1.165) is 28.4 Å². The molecule has 0 saturated carbocycles. The topological polar surface area (TPSA) is 110 Å². The van der Waals surface area contributed by atoms with Gasteiger partial charge in [0, 0.05) is 13.1 Å². The van der Waals surface area contributed by atoms with Crippen molar-refractivity contribution in [1.82, 2.24) is 14.9 Å². The molecule has 0 unspecified atom stereocenters. The van der Waals surface area contributed by atoms with E-state index in [0.29, 0.717) is 18.2 Å². The molecule has 7 nitrogen and oxygen atoms in total. The predicted molar refractivity (Wildman–Crippen MR) is 80.4 cm³/mol. The minimum atomic E-state index is -0.898. The van der Waals surface area contributed by atoms with E-state index in [-0.39, 0.29) is 5.75 Å². The molecule has 8 heteroatoms. The van der Waals surface area contributed by atoms with Gasteiger partial charge in [0.05, 0.1) is 16.8 Å². The first-order chi connectivity index (χ1) is 9.97. The van der Waals surface area contributed by atoms with Crippen LogP contribution in [0, 0.1) is 6.92 Å². The molecule has 0 aliphatic carbocycles. The van der Waals surface area contributed by atoms with E-state index in [1.807, 2.05) is 29.7 Å². The Morgan fingerprint density at radius 1 is 1.48 bits per heavy atom. The fourth-order valence-electron chi connectivity index (χ4n) is 1.95. The van der Waals surface area contributed by atoms with Crippen LogP contribution in [0.4, 0.5) is 4.79 Å². The summed E-state index contributed by atoms with van der Waals surface area (Å²) in [6.45, 7) is 2.81. The molecule has 0 bridgehead atoms. The molecule has 1 aromatic heterocycles. The van der Waals surface area contributed by atoms with Crippen molar-refractivity contribution < 1.29 is 14.7 Å². The first-order valence-corrected chi connectivity index (χ1v) is 7.30. The normalized spacial score (nSPS) is 10.7. The molecule has 112 valence electrons. The number of carboxylic acids is 1. The van der Waals surface area contributed by atoms with Crippen molar-refractivity contribution >= 4 is 34.8 Å². The van der Waals surface area contributed by atoms with Gasteiger partial charge in [-0.05, 0) is 24.6 Å². The molecule has 21 heavy (non-hydrogen) atoms. The molecular weight excluding hydrogens is 292 g/mol. The van der Waals surface area contributed by atoms with Crippen LogP contribution < -0.4 is 11.1 Å². The minimum absolute atomic E-state index is 0.0639. The highest BCUT2D eigenvalue weighted by molar-refractivity contribution is 7.99. The number of benzene rings is 1. The highest BCUT2D eigenvalue weighted by Crippen LogP contribution is 2.24. The smallest absolute Gasteiger partial charge is 0.313 e. The van der Waals surface area contributed by atoms with Crippen molar-refractivity contribution in [3.63, 3.8) is 0 Å². The van der Waals surface area contributed by atoms with Crippen LogP contribution in [0.2, 0.25) is 0 Å². The SMILES string of the molecule is Cc1ccc2nc(SCC(=O)O)n(CCNC(N)=O)c2c1. The van der Waals surface area contributed by atoms with Gasteiger partial charge < -0.3 is 20.7 Å². The number of nitrogens with one attached hydrogen (secondary N) is 1. The molecular formula is C13H16N4O3S. The van der Waals surface area contributed by atoms with Crippen LogP contribution in [0.5, 0.6) is 0 Å². The molecule has 4 N–H and O–H groups in total. The number of aryl methyl sites for hydroxylation is 1. The fourth-order valence-corrected chi connectivity index (χ4v) is 2.72. The van der Waals surface area contributed by atoms with Crippen molar-refractivity contribution in [2.75, 3.05) is 12.3 Å². The Kier molecular flexibility index (Phi) is 4.69. The summed E-state index contributed by atoms with van der Waals surface area (Å²) in [4.78, 5) is 25.9. The molecule has 0 atom stereocenters. The number of nitrogens with two attached hydrogens (primary N) is 1. The van der Waals surface area contributed by atoms with E-state index in [1.54, 1.807) is 0 Å². The Morgan fingerprint density at radius 3 is 2.90 bits per heavy atom. The number of aromatic nitrogens is 2. The summed E-state index contributed by atoms with van der Waals surface area (Å²) in [7, 11) is 0. The van der Waals surface area contributed by atoms with E-state index in [2.05, 4.69) is 10.3 Å². The maximum absolute atomic E-state index is 10.7. The minimum Gasteiger partial charge on any atom is -0.481 e. The fraction of sp³-hybridized carbons (Fsp3) is 0.308. The highest BCUT2D eigenvalue weighted by atomic mass is 32.2. The molecule has 1 aromatic carbocycles. The molecule has 0 aliphatic rings. The average Bonchev–Trinajstić information content (AvgIpc) is 2.74. The number of imidazole rings is 1. The second-order valence-electron chi connectivity index (χ2n) is 4.51. The Morgan fingerprint density at radius 2 is 2.24 bits per heavy atom. The predicted octanol–water partition coefficient (Wildman–Crippen LogP) is 1.19.